The number of unbranched alkanes of at least 4 members (excludes halogenated alkanes) is 3. The molecule has 18 heavy (non-hydrogen) atoms. The first-order chi connectivity index (χ1) is 8.55. The SMILES string of the molecule is CCCCCCC(C#CC(O)(O)CCC)CCC. The predicted molar refractivity (Wildman–Crippen MR) is 77.0 cm³/mol. The van der Waals surface area contributed by atoms with Crippen molar-refractivity contribution >= 4 is 0 Å². The molecular formula is C16H30O2. The van der Waals surface area contributed by atoms with Gasteiger partial charge in [-0.3, -0.25) is 0 Å². The van der Waals surface area contributed by atoms with E-state index in [1.807, 2.05) is 6.92 Å². The molecule has 0 saturated heterocycles. The molecule has 0 amide bonds. The van der Waals surface area contributed by atoms with Gasteiger partial charge in [-0.25, -0.2) is 0 Å². The fraction of sp³-hybridized carbons (Fsp3) is 0.875. The van der Waals surface area contributed by atoms with Crippen LogP contribution in [0.4, 0.5) is 0 Å². The lowest BCUT2D eigenvalue weighted by atomic mass is 9.96. The Kier molecular flexibility index (Phi) is 10.1. The topological polar surface area (TPSA) is 40.5 Å². The average molecular weight is 254 g/mol. The van der Waals surface area contributed by atoms with Crippen LogP contribution in [0.5, 0.6) is 0 Å². The van der Waals surface area contributed by atoms with Gasteiger partial charge in [0.15, 0.2) is 0 Å². The van der Waals surface area contributed by atoms with Crippen molar-refractivity contribution in [2.45, 2.75) is 84.3 Å². The number of rotatable bonds is 9. The summed E-state index contributed by atoms with van der Waals surface area (Å²) in [6.45, 7) is 6.29. The number of aliphatic hydroxyl groups is 2. The molecule has 0 fully saturated rings. The van der Waals surface area contributed by atoms with E-state index in [-0.39, 0.29) is 0 Å². The van der Waals surface area contributed by atoms with Gasteiger partial charge < -0.3 is 10.2 Å². The summed E-state index contributed by atoms with van der Waals surface area (Å²) in [5.41, 5.74) is 0. The molecule has 0 aromatic carbocycles. The summed E-state index contributed by atoms with van der Waals surface area (Å²) in [7, 11) is 0. The summed E-state index contributed by atoms with van der Waals surface area (Å²) in [6, 6.07) is 0. The molecule has 0 bridgehead atoms. The molecule has 0 aliphatic rings. The Hall–Kier alpha value is -0.520. The molecule has 0 aromatic rings. The van der Waals surface area contributed by atoms with Crippen molar-refractivity contribution in [3.8, 4) is 11.8 Å². The molecular weight excluding hydrogens is 224 g/mol. The molecule has 0 aliphatic carbocycles. The Labute approximate surface area is 113 Å². The lowest BCUT2D eigenvalue weighted by Gasteiger charge is -2.14. The van der Waals surface area contributed by atoms with Crippen molar-refractivity contribution in [2.75, 3.05) is 0 Å². The van der Waals surface area contributed by atoms with E-state index in [4.69, 9.17) is 0 Å². The van der Waals surface area contributed by atoms with Gasteiger partial charge in [0, 0.05) is 12.3 Å². The quantitative estimate of drug-likeness (QED) is 0.373. The standard InChI is InChI=1S/C16H30O2/c1-4-7-8-9-11-15(10-5-2)12-14-16(17,18)13-6-3/h15,17-18H,4-11,13H2,1-3H3. The largest absolute Gasteiger partial charge is 0.356 e. The Morgan fingerprint density at radius 2 is 1.61 bits per heavy atom. The highest BCUT2D eigenvalue weighted by Gasteiger charge is 2.18. The van der Waals surface area contributed by atoms with Gasteiger partial charge in [-0.2, -0.15) is 0 Å². The maximum absolute atomic E-state index is 9.62. The van der Waals surface area contributed by atoms with E-state index in [0.29, 0.717) is 12.3 Å². The maximum atomic E-state index is 9.62. The Morgan fingerprint density at radius 1 is 0.889 bits per heavy atom. The van der Waals surface area contributed by atoms with Gasteiger partial charge in [0.05, 0.1) is 0 Å². The first-order valence-electron chi connectivity index (χ1n) is 7.53. The molecule has 1 unspecified atom stereocenters. The fourth-order valence-electron chi connectivity index (χ4n) is 2.08. The van der Waals surface area contributed by atoms with Gasteiger partial charge >= 0.3 is 0 Å². The van der Waals surface area contributed by atoms with Gasteiger partial charge in [0.1, 0.15) is 0 Å². The van der Waals surface area contributed by atoms with Gasteiger partial charge in [0.25, 0.3) is 0 Å². The first-order valence-corrected chi connectivity index (χ1v) is 7.53. The summed E-state index contributed by atoms with van der Waals surface area (Å²) < 4.78 is 0. The predicted octanol–water partition coefficient (Wildman–Crippen LogP) is 3.86. The average Bonchev–Trinajstić information content (AvgIpc) is 2.31. The van der Waals surface area contributed by atoms with Crippen LogP contribution in [0.25, 0.3) is 0 Å². The zero-order chi connectivity index (χ0) is 13.9. The van der Waals surface area contributed by atoms with Gasteiger partial charge in [-0.1, -0.05) is 58.8 Å². The minimum atomic E-state index is -1.79. The van der Waals surface area contributed by atoms with Crippen LogP contribution in [0.1, 0.15) is 78.6 Å². The lowest BCUT2D eigenvalue weighted by Crippen LogP contribution is -2.25. The third-order valence-electron chi connectivity index (χ3n) is 3.12. The van der Waals surface area contributed by atoms with E-state index < -0.39 is 5.79 Å². The minimum Gasteiger partial charge on any atom is -0.356 e. The zero-order valence-electron chi connectivity index (χ0n) is 12.3. The van der Waals surface area contributed by atoms with Crippen molar-refractivity contribution in [3.05, 3.63) is 0 Å². The zero-order valence-corrected chi connectivity index (χ0v) is 12.3. The molecule has 0 spiro atoms. The van der Waals surface area contributed by atoms with Gasteiger partial charge in [-0.15, -0.1) is 0 Å². The second-order valence-corrected chi connectivity index (χ2v) is 5.17. The van der Waals surface area contributed by atoms with Crippen LogP contribution in [-0.2, 0) is 0 Å². The van der Waals surface area contributed by atoms with Gasteiger partial charge in [0.2, 0.25) is 5.79 Å². The Morgan fingerprint density at radius 3 is 2.17 bits per heavy atom. The van der Waals surface area contributed by atoms with Crippen molar-refractivity contribution in [2.24, 2.45) is 5.92 Å². The summed E-state index contributed by atoms with van der Waals surface area (Å²) in [5.74, 6) is 4.25. The summed E-state index contributed by atoms with van der Waals surface area (Å²) in [6.07, 6.45) is 9.30. The van der Waals surface area contributed by atoms with E-state index in [2.05, 4.69) is 25.7 Å². The van der Waals surface area contributed by atoms with E-state index in [1.165, 1.54) is 25.7 Å². The van der Waals surface area contributed by atoms with Crippen LogP contribution in [0.15, 0.2) is 0 Å². The summed E-state index contributed by atoms with van der Waals surface area (Å²) >= 11 is 0. The van der Waals surface area contributed by atoms with Crippen LogP contribution in [-0.4, -0.2) is 16.0 Å². The summed E-state index contributed by atoms with van der Waals surface area (Å²) in [5, 5.41) is 19.2. The molecule has 0 aromatic heterocycles. The van der Waals surface area contributed by atoms with Crippen LogP contribution in [0.2, 0.25) is 0 Å². The molecule has 2 nitrogen and oxygen atoms in total. The molecule has 1 atom stereocenters. The summed E-state index contributed by atoms with van der Waals surface area (Å²) in [4.78, 5) is 0. The molecule has 0 radical (unpaired) electrons. The highest BCUT2D eigenvalue weighted by atomic mass is 16.5. The second-order valence-electron chi connectivity index (χ2n) is 5.17. The van der Waals surface area contributed by atoms with Crippen LogP contribution >= 0.6 is 0 Å². The van der Waals surface area contributed by atoms with Crippen LogP contribution in [0, 0.1) is 17.8 Å². The van der Waals surface area contributed by atoms with E-state index >= 15 is 0 Å². The van der Waals surface area contributed by atoms with E-state index in [0.717, 1.165) is 25.7 Å². The minimum absolute atomic E-state index is 0.322. The molecule has 0 rings (SSSR count). The highest BCUT2D eigenvalue weighted by Crippen LogP contribution is 2.16. The van der Waals surface area contributed by atoms with Crippen LogP contribution in [0.3, 0.4) is 0 Å². The second kappa shape index (κ2) is 10.4. The molecule has 0 aliphatic heterocycles. The molecule has 2 heteroatoms. The Bertz CT molecular complexity index is 248. The first kappa shape index (κ1) is 17.5. The Balaban J connectivity index is 4.20. The van der Waals surface area contributed by atoms with Gasteiger partial charge in [-0.05, 0) is 25.2 Å². The lowest BCUT2D eigenvalue weighted by molar-refractivity contribution is -0.114. The molecule has 0 saturated carbocycles. The third kappa shape index (κ3) is 9.50. The monoisotopic (exact) mass is 254 g/mol. The highest BCUT2D eigenvalue weighted by molar-refractivity contribution is 5.11. The van der Waals surface area contributed by atoms with Crippen molar-refractivity contribution < 1.29 is 10.2 Å². The number of hydrogen-bond donors (Lipinski definition) is 2. The van der Waals surface area contributed by atoms with Crippen molar-refractivity contribution in [1.82, 2.24) is 0 Å². The molecule has 106 valence electrons. The molecule has 0 heterocycles. The van der Waals surface area contributed by atoms with E-state index in [1.54, 1.807) is 0 Å². The maximum Gasteiger partial charge on any atom is 0.228 e. The third-order valence-corrected chi connectivity index (χ3v) is 3.12. The van der Waals surface area contributed by atoms with E-state index in [9.17, 15) is 10.2 Å². The normalized spacial score (nSPS) is 12.9. The smallest absolute Gasteiger partial charge is 0.228 e. The number of hydrogen-bond acceptors (Lipinski definition) is 2. The van der Waals surface area contributed by atoms with Crippen molar-refractivity contribution in [1.29, 1.82) is 0 Å². The molecule has 2 N–H and O–H groups in total. The van der Waals surface area contributed by atoms with Crippen molar-refractivity contribution in [3.63, 3.8) is 0 Å². The van der Waals surface area contributed by atoms with Crippen LogP contribution < -0.4 is 0 Å². The fourth-order valence-corrected chi connectivity index (χ4v) is 2.08.